The lowest BCUT2D eigenvalue weighted by molar-refractivity contribution is -0.131. The minimum Gasteiger partial charge on any atom is -0.431 e. The van der Waals surface area contributed by atoms with Crippen LogP contribution in [0.25, 0.3) is 10.3 Å². The van der Waals surface area contributed by atoms with Crippen molar-refractivity contribution in [2.45, 2.75) is 32.7 Å². The molecule has 0 N–H and O–H groups in total. The van der Waals surface area contributed by atoms with Gasteiger partial charge < -0.3 is 9.64 Å². The lowest BCUT2D eigenvalue weighted by atomic mass is 10.1. The van der Waals surface area contributed by atoms with Gasteiger partial charge in [0.15, 0.2) is 5.65 Å². The topological polar surface area (TPSA) is 58.6 Å². The summed E-state index contributed by atoms with van der Waals surface area (Å²) in [6, 6.07) is 12.6. The van der Waals surface area contributed by atoms with Crippen LogP contribution in [-0.2, 0) is 11.2 Å². The number of aromatic nitrogens is 2. The Balaban J connectivity index is 1.33. The molecule has 7 heteroatoms. The number of benzene rings is 1. The molecule has 1 atom stereocenters. The van der Waals surface area contributed by atoms with Gasteiger partial charge in [0.05, 0.1) is 4.70 Å². The van der Waals surface area contributed by atoms with Crippen molar-refractivity contribution in [1.82, 2.24) is 19.8 Å². The molecule has 1 fully saturated rings. The smallest absolute Gasteiger partial charge is 0.281 e. The Morgan fingerprint density at radius 1 is 1.24 bits per heavy atom. The van der Waals surface area contributed by atoms with Crippen molar-refractivity contribution >= 4 is 27.6 Å². The van der Waals surface area contributed by atoms with E-state index < -0.39 is 0 Å². The van der Waals surface area contributed by atoms with Gasteiger partial charge in [-0.3, -0.25) is 9.69 Å². The first kappa shape index (κ1) is 19.8. The largest absolute Gasteiger partial charge is 0.431 e. The third kappa shape index (κ3) is 4.74. The van der Waals surface area contributed by atoms with E-state index in [0.717, 1.165) is 55.1 Å². The number of fused-ring (bicyclic) bond motifs is 1. The van der Waals surface area contributed by atoms with Crippen molar-refractivity contribution in [3.05, 3.63) is 48.2 Å². The summed E-state index contributed by atoms with van der Waals surface area (Å²) in [5, 5.41) is 0.612. The molecule has 152 valence electrons. The molecule has 3 aromatic rings. The Hall–Kier alpha value is -2.51. The van der Waals surface area contributed by atoms with Gasteiger partial charge in [-0.2, -0.15) is 4.98 Å². The van der Waals surface area contributed by atoms with E-state index in [-0.39, 0.29) is 5.91 Å². The van der Waals surface area contributed by atoms with Crippen LogP contribution in [0.15, 0.2) is 42.6 Å². The molecule has 4 rings (SSSR count). The standard InChI is InChI=1S/C22H26N4O2S/c1-3-18-15-26(16(2)27)14-13-25(18)12-10-17-6-8-19(9-7-17)28-22-24-21-20(29-22)5-4-11-23-21/h4-9,11,18H,3,10,12-15H2,1-2H3/t18-/m0/s1. The van der Waals surface area contributed by atoms with E-state index in [1.807, 2.05) is 29.2 Å². The molecule has 1 aromatic carbocycles. The summed E-state index contributed by atoms with van der Waals surface area (Å²) in [4.78, 5) is 24.8. The molecule has 29 heavy (non-hydrogen) atoms. The fourth-order valence-corrected chi connectivity index (χ4v) is 4.55. The van der Waals surface area contributed by atoms with E-state index in [0.29, 0.717) is 11.2 Å². The summed E-state index contributed by atoms with van der Waals surface area (Å²) < 4.78 is 6.92. The van der Waals surface area contributed by atoms with Crippen LogP contribution in [0.2, 0.25) is 0 Å². The number of thiazole rings is 1. The van der Waals surface area contributed by atoms with Gasteiger partial charge in [-0.1, -0.05) is 30.4 Å². The minimum absolute atomic E-state index is 0.183. The average Bonchev–Trinajstić information content (AvgIpc) is 3.15. The van der Waals surface area contributed by atoms with Crippen LogP contribution in [0, 0.1) is 0 Å². The maximum absolute atomic E-state index is 11.6. The van der Waals surface area contributed by atoms with E-state index in [4.69, 9.17) is 4.74 Å². The number of nitrogens with zero attached hydrogens (tertiary/aromatic N) is 4. The summed E-state index contributed by atoms with van der Waals surface area (Å²) in [7, 11) is 0. The first-order valence-corrected chi connectivity index (χ1v) is 10.9. The van der Waals surface area contributed by atoms with Gasteiger partial charge in [-0.25, -0.2) is 4.98 Å². The van der Waals surface area contributed by atoms with Gasteiger partial charge in [0.25, 0.3) is 5.19 Å². The lowest BCUT2D eigenvalue weighted by Gasteiger charge is -2.41. The van der Waals surface area contributed by atoms with E-state index in [2.05, 4.69) is 33.9 Å². The number of hydrogen-bond donors (Lipinski definition) is 0. The normalized spacial score (nSPS) is 17.6. The molecule has 0 radical (unpaired) electrons. The van der Waals surface area contributed by atoms with Gasteiger partial charge in [0, 0.05) is 45.3 Å². The second-order valence-electron chi connectivity index (χ2n) is 7.36. The van der Waals surface area contributed by atoms with Crippen LogP contribution in [0.4, 0.5) is 0 Å². The number of rotatable bonds is 6. The maximum atomic E-state index is 11.6. The molecule has 6 nitrogen and oxygen atoms in total. The Morgan fingerprint density at radius 2 is 2.07 bits per heavy atom. The number of pyridine rings is 1. The summed E-state index contributed by atoms with van der Waals surface area (Å²) in [5.41, 5.74) is 2.01. The quantitative estimate of drug-likeness (QED) is 0.615. The van der Waals surface area contributed by atoms with Crippen molar-refractivity contribution in [2.75, 3.05) is 26.2 Å². The summed E-state index contributed by atoms with van der Waals surface area (Å²) >= 11 is 1.50. The fraction of sp³-hybridized carbons (Fsp3) is 0.409. The first-order valence-electron chi connectivity index (χ1n) is 10.1. The third-order valence-electron chi connectivity index (χ3n) is 5.48. The van der Waals surface area contributed by atoms with Crippen molar-refractivity contribution in [2.24, 2.45) is 0 Å². The molecule has 1 amide bonds. The maximum Gasteiger partial charge on any atom is 0.281 e. The highest BCUT2D eigenvalue weighted by atomic mass is 32.1. The van der Waals surface area contributed by atoms with Gasteiger partial charge in [0.1, 0.15) is 5.75 Å². The zero-order valence-corrected chi connectivity index (χ0v) is 17.7. The molecule has 0 bridgehead atoms. The molecule has 1 aliphatic heterocycles. The van der Waals surface area contributed by atoms with E-state index >= 15 is 0 Å². The van der Waals surface area contributed by atoms with Crippen LogP contribution in [0.3, 0.4) is 0 Å². The second kappa shape index (κ2) is 8.88. The summed E-state index contributed by atoms with van der Waals surface area (Å²) in [6.45, 7) is 7.49. The van der Waals surface area contributed by atoms with E-state index in [1.165, 1.54) is 16.9 Å². The molecule has 1 saturated heterocycles. The Morgan fingerprint density at radius 3 is 2.79 bits per heavy atom. The summed E-state index contributed by atoms with van der Waals surface area (Å²) in [6.07, 6.45) is 3.79. The average molecular weight is 411 g/mol. The molecule has 0 spiro atoms. The molecule has 0 aliphatic carbocycles. The van der Waals surface area contributed by atoms with Crippen molar-refractivity contribution in [1.29, 1.82) is 0 Å². The van der Waals surface area contributed by atoms with Crippen LogP contribution >= 0.6 is 11.3 Å². The van der Waals surface area contributed by atoms with Crippen LogP contribution in [0.1, 0.15) is 25.8 Å². The Bertz CT molecular complexity index is 939. The van der Waals surface area contributed by atoms with Gasteiger partial charge in [0.2, 0.25) is 5.91 Å². The fourth-order valence-electron chi connectivity index (χ4n) is 3.75. The number of hydrogen-bond acceptors (Lipinski definition) is 6. The highest BCUT2D eigenvalue weighted by molar-refractivity contribution is 7.20. The number of ether oxygens (including phenoxy) is 1. The molecule has 2 aromatic heterocycles. The van der Waals surface area contributed by atoms with Crippen molar-refractivity contribution in [3.8, 4) is 10.9 Å². The van der Waals surface area contributed by atoms with Crippen molar-refractivity contribution < 1.29 is 9.53 Å². The Kier molecular flexibility index (Phi) is 6.06. The predicted octanol–water partition coefficient (Wildman–Crippen LogP) is 3.97. The second-order valence-corrected chi connectivity index (χ2v) is 8.36. The number of carbonyl (C=O) groups excluding carboxylic acids is 1. The molecule has 0 unspecified atom stereocenters. The summed E-state index contributed by atoms with van der Waals surface area (Å²) in [5.74, 6) is 0.969. The van der Waals surface area contributed by atoms with Crippen molar-refractivity contribution in [3.63, 3.8) is 0 Å². The SMILES string of the molecule is CC[C@H]1CN(C(C)=O)CCN1CCc1ccc(Oc2nc3ncccc3s2)cc1. The van der Waals surface area contributed by atoms with E-state index in [1.54, 1.807) is 13.1 Å². The minimum atomic E-state index is 0.183. The molecule has 1 aliphatic rings. The first-order chi connectivity index (χ1) is 14.1. The Labute approximate surface area is 175 Å². The molecular weight excluding hydrogens is 384 g/mol. The molecular formula is C22H26N4O2S. The highest BCUT2D eigenvalue weighted by Gasteiger charge is 2.26. The van der Waals surface area contributed by atoms with Crippen LogP contribution in [-0.4, -0.2) is 57.9 Å². The molecule has 3 heterocycles. The third-order valence-corrected chi connectivity index (χ3v) is 6.37. The number of amides is 1. The number of piperazine rings is 1. The zero-order valence-electron chi connectivity index (χ0n) is 16.9. The van der Waals surface area contributed by atoms with E-state index in [9.17, 15) is 4.79 Å². The predicted molar refractivity (Wildman–Crippen MR) is 116 cm³/mol. The van der Waals surface area contributed by atoms with Gasteiger partial charge in [-0.15, -0.1) is 0 Å². The van der Waals surface area contributed by atoms with Crippen LogP contribution in [0.5, 0.6) is 10.9 Å². The highest BCUT2D eigenvalue weighted by Crippen LogP contribution is 2.30. The van der Waals surface area contributed by atoms with Crippen LogP contribution < -0.4 is 4.74 Å². The zero-order chi connectivity index (χ0) is 20.2. The van der Waals surface area contributed by atoms with Gasteiger partial charge >= 0.3 is 0 Å². The number of carbonyl (C=O) groups is 1. The lowest BCUT2D eigenvalue weighted by Crippen LogP contribution is -2.54. The van der Waals surface area contributed by atoms with Gasteiger partial charge in [-0.05, 0) is 42.7 Å². The monoisotopic (exact) mass is 410 g/mol. The molecule has 0 saturated carbocycles.